The van der Waals surface area contributed by atoms with Crippen LogP contribution in [0.2, 0.25) is 5.02 Å². The summed E-state index contributed by atoms with van der Waals surface area (Å²) < 4.78 is 5.71. The summed E-state index contributed by atoms with van der Waals surface area (Å²) in [6, 6.07) is 7.73. The predicted molar refractivity (Wildman–Crippen MR) is 93.9 cm³/mol. The molecule has 6 heteroatoms. The van der Waals surface area contributed by atoms with E-state index in [2.05, 4.69) is 15.0 Å². The lowest BCUT2D eigenvalue weighted by molar-refractivity contribution is 0.116. The molecule has 0 atom stereocenters. The van der Waals surface area contributed by atoms with Crippen LogP contribution in [0.15, 0.2) is 36.0 Å². The van der Waals surface area contributed by atoms with E-state index in [1.54, 1.807) is 17.7 Å². The molecule has 0 bridgehead atoms. The van der Waals surface area contributed by atoms with Crippen molar-refractivity contribution < 1.29 is 4.74 Å². The molecule has 4 nitrogen and oxygen atoms in total. The molecule has 2 aromatic heterocycles. The number of aromatic amines is 1. The first-order chi connectivity index (χ1) is 11.2. The maximum absolute atomic E-state index is 5.91. The Morgan fingerprint density at radius 3 is 2.83 bits per heavy atom. The molecule has 0 aliphatic rings. The van der Waals surface area contributed by atoms with E-state index in [1.807, 2.05) is 36.6 Å². The van der Waals surface area contributed by atoms with E-state index in [-0.39, 0.29) is 0 Å². The molecule has 0 spiro atoms. The van der Waals surface area contributed by atoms with Crippen LogP contribution < -0.4 is 0 Å². The molecule has 120 valence electrons. The average molecular weight is 348 g/mol. The molecule has 0 aliphatic carbocycles. The van der Waals surface area contributed by atoms with Crippen molar-refractivity contribution in [2.75, 3.05) is 6.61 Å². The topological polar surface area (TPSA) is 50.8 Å². The fraction of sp³-hybridized carbons (Fsp3) is 0.294. The first kappa shape index (κ1) is 16.2. The van der Waals surface area contributed by atoms with Crippen LogP contribution in [-0.4, -0.2) is 21.6 Å². The van der Waals surface area contributed by atoms with Gasteiger partial charge in [0.15, 0.2) is 0 Å². The second kappa shape index (κ2) is 7.73. The summed E-state index contributed by atoms with van der Waals surface area (Å²) in [6.07, 6.45) is 3.63. The van der Waals surface area contributed by atoms with Gasteiger partial charge in [-0.3, -0.25) is 0 Å². The zero-order chi connectivity index (χ0) is 16.1. The summed E-state index contributed by atoms with van der Waals surface area (Å²) in [7, 11) is 0. The van der Waals surface area contributed by atoms with Crippen LogP contribution in [0, 0.1) is 6.92 Å². The molecule has 1 aromatic carbocycles. The van der Waals surface area contributed by atoms with Gasteiger partial charge in [0, 0.05) is 28.3 Å². The molecule has 0 aliphatic heterocycles. The number of thiazole rings is 1. The van der Waals surface area contributed by atoms with Gasteiger partial charge in [0.25, 0.3) is 0 Å². The molecule has 1 N–H and O–H groups in total. The Morgan fingerprint density at radius 2 is 2.09 bits per heavy atom. The van der Waals surface area contributed by atoms with Gasteiger partial charge >= 0.3 is 0 Å². The van der Waals surface area contributed by atoms with Gasteiger partial charge in [0.1, 0.15) is 5.01 Å². The van der Waals surface area contributed by atoms with Crippen molar-refractivity contribution in [3.05, 3.63) is 58.1 Å². The van der Waals surface area contributed by atoms with Crippen LogP contribution in [0.1, 0.15) is 23.5 Å². The number of aryl methyl sites for hydroxylation is 2. The van der Waals surface area contributed by atoms with E-state index in [0.717, 1.165) is 45.5 Å². The second-order valence-electron chi connectivity index (χ2n) is 5.28. The number of ether oxygens (including phenoxy) is 1. The Balaban J connectivity index is 1.44. The number of rotatable bonds is 7. The standard InChI is InChI=1S/C17H18ClN3OS/c1-12-16(20-11-19-12)3-2-8-22-9-15-10-23-17(21-15)13-4-6-14(18)7-5-13/h4-7,10-11H,2-3,8-9H2,1H3,(H,19,20). The van der Waals surface area contributed by atoms with Crippen molar-refractivity contribution in [1.82, 2.24) is 15.0 Å². The van der Waals surface area contributed by atoms with E-state index in [1.165, 1.54) is 0 Å². The number of H-pyrrole nitrogens is 1. The van der Waals surface area contributed by atoms with Crippen LogP contribution in [0.5, 0.6) is 0 Å². The van der Waals surface area contributed by atoms with Crippen LogP contribution in [0.3, 0.4) is 0 Å². The van der Waals surface area contributed by atoms with E-state index < -0.39 is 0 Å². The van der Waals surface area contributed by atoms with Crippen molar-refractivity contribution in [2.24, 2.45) is 0 Å². The molecule has 3 rings (SSSR count). The minimum absolute atomic E-state index is 0.545. The van der Waals surface area contributed by atoms with Gasteiger partial charge in [-0.25, -0.2) is 9.97 Å². The minimum Gasteiger partial charge on any atom is -0.375 e. The van der Waals surface area contributed by atoms with E-state index in [0.29, 0.717) is 13.2 Å². The largest absolute Gasteiger partial charge is 0.375 e. The number of benzene rings is 1. The summed E-state index contributed by atoms with van der Waals surface area (Å²) in [5.74, 6) is 0. The van der Waals surface area contributed by atoms with E-state index in [4.69, 9.17) is 16.3 Å². The zero-order valence-corrected chi connectivity index (χ0v) is 14.5. The molecule has 0 unspecified atom stereocenters. The molecular weight excluding hydrogens is 330 g/mol. The first-order valence-electron chi connectivity index (χ1n) is 7.49. The maximum Gasteiger partial charge on any atom is 0.123 e. The van der Waals surface area contributed by atoms with E-state index in [9.17, 15) is 0 Å². The van der Waals surface area contributed by atoms with Crippen molar-refractivity contribution in [1.29, 1.82) is 0 Å². The fourth-order valence-electron chi connectivity index (χ4n) is 2.26. The lowest BCUT2D eigenvalue weighted by Gasteiger charge is -2.02. The average Bonchev–Trinajstić information content (AvgIpc) is 3.17. The van der Waals surface area contributed by atoms with Crippen LogP contribution in [0.4, 0.5) is 0 Å². The van der Waals surface area contributed by atoms with Gasteiger partial charge in [-0.1, -0.05) is 23.7 Å². The number of nitrogens with zero attached hydrogens (tertiary/aromatic N) is 2. The molecule has 2 heterocycles. The highest BCUT2D eigenvalue weighted by atomic mass is 35.5. The molecule has 3 aromatic rings. The Hall–Kier alpha value is -1.69. The molecule has 23 heavy (non-hydrogen) atoms. The Bertz CT molecular complexity index is 751. The zero-order valence-electron chi connectivity index (χ0n) is 12.9. The summed E-state index contributed by atoms with van der Waals surface area (Å²) in [5, 5.41) is 3.77. The van der Waals surface area contributed by atoms with Gasteiger partial charge in [0.05, 0.1) is 24.3 Å². The first-order valence-corrected chi connectivity index (χ1v) is 8.75. The monoisotopic (exact) mass is 347 g/mol. The Labute approximate surface area is 144 Å². The summed E-state index contributed by atoms with van der Waals surface area (Å²) in [5.41, 5.74) is 4.31. The van der Waals surface area contributed by atoms with Crippen molar-refractivity contribution in [2.45, 2.75) is 26.4 Å². The van der Waals surface area contributed by atoms with Crippen molar-refractivity contribution in [3.63, 3.8) is 0 Å². The lowest BCUT2D eigenvalue weighted by Crippen LogP contribution is -1.99. The van der Waals surface area contributed by atoms with Gasteiger partial charge in [-0.05, 0) is 31.9 Å². The lowest BCUT2D eigenvalue weighted by atomic mass is 10.2. The highest BCUT2D eigenvalue weighted by Gasteiger charge is 2.05. The third-order valence-corrected chi connectivity index (χ3v) is 4.72. The predicted octanol–water partition coefficient (Wildman–Crippen LogP) is 4.64. The van der Waals surface area contributed by atoms with Gasteiger partial charge in [-0.15, -0.1) is 11.3 Å². The van der Waals surface area contributed by atoms with E-state index >= 15 is 0 Å². The SMILES string of the molecule is Cc1[nH]cnc1CCCOCc1csc(-c2ccc(Cl)cc2)n1. The normalized spacial score (nSPS) is 11.0. The molecule has 0 fully saturated rings. The van der Waals surface area contributed by atoms with Crippen molar-refractivity contribution in [3.8, 4) is 10.6 Å². The third-order valence-electron chi connectivity index (χ3n) is 3.53. The van der Waals surface area contributed by atoms with Crippen LogP contribution in [0.25, 0.3) is 10.6 Å². The highest BCUT2D eigenvalue weighted by molar-refractivity contribution is 7.13. The molecular formula is C17H18ClN3OS. The number of hydrogen-bond acceptors (Lipinski definition) is 4. The van der Waals surface area contributed by atoms with Crippen LogP contribution in [-0.2, 0) is 17.8 Å². The summed E-state index contributed by atoms with van der Waals surface area (Å²) in [6.45, 7) is 3.29. The summed E-state index contributed by atoms with van der Waals surface area (Å²) >= 11 is 7.53. The Morgan fingerprint density at radius 1 is 1.26 bits per heavy atom. The summed E-state index contributed by atoms with van der Waals surface area (Å²) in [4.78, 5) is 12.0. The molecule has 0 saturated heterocycles. The van der Waals surface area contributed by atoms with Gasteiger partial charge in [-0.2, -0.15) is 0 Å². The fourth-order valence-corrected chi connectivity index (χ4v) is 3.19. The quantitative estimate of drug-likeness (QED) is 0.633. The number of nitrogens with one attached hydrogen (secondary N) is 1. The Kier molecular flexibility index (Phi) is 5.43. The second-order valence-corrected chi connectivity index (χ2v) is 6.58. The smallest absolute Gasteiger partial charge is 0.123 e. The minimum atomic E-state index is 0.545. The molecule has 0 radical (unpaired) electrons. The third kappa shape index (κ3) is 4.41. The number of aromatic nitrogens is 3. The van der Waals surface area contributed by atoms with Gasteiger partial charge < -0.3 is 9.72 Å². The molecule has 0 amide bonds. The number of halogens is 1. The van der Waals surface area contributed by atoms with Crippen molar-refractivity contribution >= 4 is 22.9 Å². The number of imidazole rings is 1. The van der Waals surface area contributed by atoms with Crippen LogP contribution >= 0.6 is 22.9 Å². The highest BCUT2D eigenvalue weighted by Crippen LogP contribution is 2.25. The van der Waals surface area contributed by atoms with Gasteiger partial charge in [0.2, 0.25) is 0 Å². The molecule has 0 saturated carbocycles. The number of hydrogen-bond donors (Lipinski definition) is 1. The maximum atomic E-state index is 5.91.